The van der Waals surface area contributed by atoms with Crippen molar-refractivity contribution in [2.45, 2.75) is 38.8 Å². The Balaban J connectivity index is 1.94. The zero-order valence-electron chi connectivity index (χ0n) is 11.5. The van der Waals surface area contributed by atoms with Gasteiger partial charge < -0.3 is 10.2 Å². The van der Waals surface area contributed by atoms with Crippen LogP contribution in [-0.4, -0.2) is 31.1 Å². The number of rotatable bonds is 3. The summed E-state index contributed by atoms with van der Waals surface area (Å²) in [6, 6.07) is 6.30. The molecule has 1 aromatic carbocycles. The van der Waals surface area contributed by atoms with Crippen LogP contribution in [0.25, 0.3) is 0 Å². The largest absolute Gasteiger partial charge is 0.307 e. The number of nitrogens with one attached hydrogen (secondary N) is 1. The van der Waals surface area contributed by atoms with E-state index in [4.69, 9.17) is 0 Å². The third-order valence-corrected chi connectivity index (χ3v) is 3.90. The Morgan fingerprint density at radius 2 is 2.00 bits per heavy atom. The van der Waals surface area contributed by atoms with Gasteiger partial charge in [-0.1, -0.05) is 12.1 Å². The highest BCUT2D eigenvalue weighted by molar-refractivity contribution is 5.25. The minimum atomic E-state index is -0.107. The van der Waals surface area contributed by atoms with Gasteiger partial charge in [-0.05, 0) is 64.0 Å². The number of likely N-dealkylation sites (tertiary alicyclic amines) is 1. The van der Waals surface area contributed by atoms with Gasteiger partial charge in [0.25, 0.3) is 0 Å². The number of nitrogens with zero attached hydrogens (tertiary/aromatic N) is 1. The summed E-state index contributed by atoms with van der Waals surface area (Å²) in [5.74, 6) is -0.107. The minimum Gasteiger partial charge on any atom is -0.307 e. The second-order valence-electron chi connectivity index (χ2n) is 5.47. The van der Waals surface area contributed by atoms with E-state index < -0.39 is 0 Å². The zero-order valence-corrected chi connectivity index (χ0v) is 11.5. The maximum absolute atomic E-state index is 13.5. The molecule has 3 heteroatoms. The van der Waals surface area contributed by atoms with Crippen LogP contribution in [0.4, 0.5) is 4.39 Å². The molecule has 1 unspecified atom stereocenters. The Morgan fingerprint density at radius 3 is 2.61 bits per heavy atom. The van der Waals surface area contributed by atoms with Crippen molar-refractivity contribution in [3.8, 4) is 0 Å². The Kier molecular flexibility index (Phi) is 4.36. The van der Waals surface area contributed by atoms with Crippen LogP contribution < -0.4 is 5.32 Å². The van der Waals surface area contributed by atoms with Gasteiger partial charge in [-0.15, -0.1) is 0 Å². The van der Waals surface area contributed by atoms with E-state index in [0.29, 0.717) is 11.6 Å². The van der Waals surface area contributed by atoms with Crippen LogP contribution in [0.3, 0.4) is 0 Å². The van der Waals surface area contributed by atoms with E-state index in [1.54, 1.807) is 13.0 Å². The van der Waals surface area contributed by atoms with Crippen molar-refractivity contribution in [3.05, 3.63) is 35.1 Å². The van der Waals surface area contributed by atoms with E-state index in [2.05, 4.69) is 24.2 Å². The first kappa shape index (κ1) is 13.5. The average molecular weight is 250 g/mol. The third-order valence-electron chi connectivity index (χ3n) is 3.90. The van der Waals surface area contributed by atoms with Gasteiger partial charge >= 0.3 is 0 Å². The summed E-state index contributed by atoms with van der Waals surface area (Å²) in [7, 11) is 2.16. The van der Waals surface area contributed by atoms with Gasteiger partial charge in [-0.3, -0.25) is 0 Å². The molecule has 1 N–H and O–H groups in total. The summed E-state index contributed by atoms with van der Waals surface area (Å²) < 4.78 is 13.5. The molecule has 1 atom stereocenters. The Bertz CT molecular complexity index is 397. The number of aryl methyl sites for hydroxylation is 1. The van der Waals surface area contributed by atoms with Gasteiger partial charge in [0.15, 0.2) is 0 Å². The molecule has 0 bridgehead atoms. The van der Waals surface area contributed by atoms with Crippen molar-refractivity contribution >= 4 is 0 Å². The van der Waals surface area contributed by atoms with E-state index >= 15 is 0 Å². The van der Waals surface area contributed by atoms with Crippen LogP contribution in [-0.2, 0) is 0 Å². The molecule has 1 aromatic rings. The molecule has 2 nitrogen and oxygen atoms in total. The predicted octanol–water partition coefficient (Wildman–Crippen LogP) is 2.88. The molecule has 1 aliphatic rings. The van der Waals surface area contributed by atoms with Crippen LogP contribution in [0.2, 0.25) is 0 Å². The summed E-state index contributed by atoms with van der Waals surface area (Å²) in [6.07, 6.45) is 2.35. The summed E-state index contributed by atoms with van der Waals surface area (Å²) in [6.45, 7) is 6.20. The van der Waals surface area contributed by atoms with Crippen LogP contribution >= 0.6 is 0 Å². The van der Waals surface area contributed by atoms with E-state index in [0.717, 1.165) is 18.7 Å². The summed E-state index contributed by atoms with van der Waals surface area (Å²) in [5.41, 5.74) is 1.75. The molecule has 0 radical (unpaired) electrons. The van der Waals surface area contributed by atoms with E-state index in [9.17, 15) is 4.39 Å². The van der Waals surface area contributed by atoms with E-state index in [-0.39, 0.29) is 11.9 Å². The second-order valence-corrected chi connectivity index (χ2v) is 5.47. The van der Waals surface area contributed by atoms with E-state index in [1.807, 2.05) is 12.1 Å². The topological polar surface area (TPSA) is 15.3 Å². The number of hydrogen-bond donors (Lipinski definition) is 1. The van der Waals surface area contributed by atoms with Crippen LogP contribution in [0.1, 0.15) is 36.9 Å². The normalized spacial score (nSPS) is 20.0. The Hall–Kier alpha value is -0.930. The summed E-state index contributed by atoms with van der Waals surface area (Å²) in [4.78, 5) is 2.36. The highest BCUT2D eigenvalue weighted by Gasteiger charge is 2.18. The number of piperidine rings is 1. The molecule has 0 spiro atoms. The first-order chi connectivity index (χ1) is 8.56. The molecule has 100 valence electrons. The van der Waals surface area contributed by atoms with Crippen molar-refractivity contribution in [3.63, 3.8) is 0 Å². The molecule has 0 aromatic heterocycles. The molecule has 1 saturated heterocycles. The number of halogens is 1. The van der Waals surface area contributed by atoms with Gasteiger partial charge in [0.1, 0.15) is 5.82 Å². The highest BCUT2D eigenvalue weighted by Crippen LogP contribution is 2.19. The van der Waals surface area contributed by atoms with Gasteiger partial charge in [0.05, 0.1) is 0 Å². The van der Waals surface area contributed by atoms with Crippen molar-refractivity contribution in [2.75, 3.05) is 20.1 Å². The first-order valence-corrected chi connectivity index (χ1v) is 6.77. The molecule has 0 amide bonds. The Morgan fingerprint density at radius 1 is 1.33 bits per heavy atom. The summed E-state index contributed by atoms with van der Waals surface area (Å²) in [5, 5.41) is 3.61. The van der Waals surface area contributed by atoms with Crippen LogP contribution in [0.5, 0.6) is 0 Å². The molecular weight excluding hydrogens is 227 g/mol. The first-order valence-electron chi connectivity index (χ1n) is 6.77. The smallest absolute Gasteiger partial charge is 0.126 e. The standard InChI is InChI=1S/C15H23FN2/c1-11-4-5-13(10-15(11)16)12(2)17-14-6-8-18(3)9-7-14/h4-5,10,12,14,17H,6-9H2,1-3H3. The van der Waals surface area contributed by atoms with Gasteiger partial charge in [-0.25, -0.2) is 4.39 Å². The number of benzene rings is 1. The lowest BCUT2D eigenvalue weighted by Crippen LogP contribution is -2.41. The van der Waals surface area contributed by atoms with Crippen molar-refractivity contribution < 1.29 is 4.39 Å². The van der Waals surface area contributed by atoms with Crippen LogP contribution in [0, 0.1) is 12.7 Å². The lowest BCUT2D eigenvalue weighted by Gasteiger charge is -2.31. The maximum atomic E-state index is 13.5. The molecule has 0 aliphatic carbocycles. The fourth-order valence-electron chi connectivity index (χ4n) is 2.50. The quantitative estimate of drug-likeness (QED) is 0.887. The van der Waals surface area contributed by atoms with Gasteiger partial charge in [-0.2, -0.15) is 0 Å². The molecule has 2 rings (SSSR count). The molecule has 1 heterocycles. The van der Waals surface area contributed by atoms with Crippen LogP contribution in [0.15, 0.2) is 18.2 Å². The second kappa shape index (κ2) is 5.81. The lowest BCUT2D eigenvalue weighted by molar-refractivity contribution is 0.226. The maximum Gasteiger partial charge on any atom is 0.126 e. The molecule has 1 aliphatic heterocycles. The van der Waals surface area contributed by atoms with Crippen molar-refractivity contribution in [2.24, 2.45) is 0 Å². The predicted molar refractivity (Wildman–Crippen MR) is 73.2 cm³/mol. The third kappa shape index (κ3) is 3.30. The van der Waals surface area contributed by atoms with Crippen molar-refractivity contribution in [1.82, 2.24) is 10.2 Å². The fraction of sp³-hybridized carbons (Fsp3) is 0.600. The Labute approximate surface area is 109 Å². The zero-order chi connectivity index (χ0) is 13.1. The fourth-order valence-corrected chi connectivity index (χ4v) is 2.50. The molecular formula is C15H23FN2. The van der Waals surface area contributed by atoms with Gasteiger partial charge in [0.2, 0.25) is 0 Å². The molecule has 18 heavy (non-hydrogen) atoms. The minimum absolute atomic E-state index is 0.107. The number of hydrogen-bond acceptors (Lipinski definition) is 2. The van der Waals surface area contributed by atoms with Gasteiger partial charge in [0, 0.05) is 12.1 Å². The van der Waals surface area contributed by atoms with E-state index in [1.165, 1.54) is 12.8 Å². The molecule has 0 saturated carbocycles. The van der Waals surface area contributed by atoms with Crippen molar-refractivity contribution in [1.29, 1.82) is 0 Å². The lowest BCUT2D eigenvalue weighted by atomic mass is 10.0. The SMILES string of the molecule is Cc1ccc(C(C)NC2CCN(C)CC2)cc1F. The monoisotopic (exact) mass is 250 g/mol. The molecule has 1 fully saturated rings. The highest BCUT2D eigenvalue weighted by atomic mass is 19.1. The summed E-state index contributed by atoms with van der Waals surface area (Å²) >= 11 is 0. The average Bonchev–Trinajstić information content (AvgIpc) is 2.35.